The predicted molar refractivity (Wildman–Crippen MR) is 119 cm³/mol. The summed E-state index contributed by atoms with van der Waals surface area (Å²) in [5.41, 5.74) is 6.10. The van der Waals surface area contributed by atoms with Crippen LogP contribution < -0.4 is 4.90 Å². The van der Waals surface area contributed by atoms with Crippen molar-refractivity contribution in [1.29, 1.82) is 0 Å². The molecule has 0 atom stereocenters. The van der Waals surface area contributed by atoms with Crippen molar-refractivity contribution in [3.8, 4) is 0 Å². The second kappa shape index (κ2) is 7.31. The van der Waals surface area contributed by atoms with Gasteiger partial charge in [-0.3, -0.25) is 9.59 Å². The van der Waals surface area contributed by atoms with Crippen LogP contribution in [0.25, 0.3) is 10.9 Å². The number of aryl methyl sites for hydroxylation is 1. The third-order valence-corrected chi connectivity index (χ3v) is 6.71. The fourth-order valence-corrected chi connectivity index (χ4v) is 4.53. The molecule has 1 aromatic heterocycles. The molecule has 5 nitrogen and oxygen atoms in total. The van der Waals surface area contributed by atoms with Crippen LogP contribution in [-0.4, -0.2) is 35.3 Å². The lowest BCUT2D eigenvalue weighted by atomic mass is 9.84. The van der Waals surface area contributed by atoms with Crippen molar-refractivity contribution in [2.24, 2.45) is 5.92 Å². The monoisotopic (exact) mass is 401 g/mol. The lowest BCUT2D eigenvalue weighted by Gasteiger charge is -2.34. The standard InChI is InChI=1S/C25H27N3O2/c1-16-6-9-19(10-7-16)27(2)24(29)18-8-11-22-20(14-18)21-15-28(13-12-23(21)26-22)25(30)17-4-3-5-17/h6-11,14,17,26H,3-5,12-13,15H2,1-2H3. The maximum atomic E-state index is 13.1. The fourth-order valence-electron chi connectivity index (χ4n) is 4.53. The Morgan fingerprint density at radius 1 is 1.10 bits per heavy atom. The molecule has 0 saturated heterocycles. The third kappa shape index (κ3) is 3.18. The largest absolute Gasteiger partial charge is 0.358 e. The fraction of sp³-hybridized carbons (Fsp3) is 0.360. The Bertz CT molecular complexity index is 1130. The van der Waals surface area contributed by atoms with Crippen LogP contribution in [-0.2, 0) is 17.8 Å². The van der Waals surface area contributed by atoms with Gasteiger partial charge in [0.25, 0.3) is 5.91 Å². The Hall–Kier alpha value is -3.08. The van der Waals surface area contributed by atoms with E-state index in [4.69, 9.17) is 0 Å². The van der Waals surface area contributed by atoms with Gasteiger partial charge in [0.2, 0.25) is 5.91 Å². The quantitative estimate of drug-likeness (QED) is 0.705. The molecule has 0 unspecified atom stereocenters. The first kappa shape index (κ1) is 18.9. The highest BCUT2D eigenvalue weighted by molar-refractivity contribution is 6.08. The highest BCUT2D eigenvalue weighted by atomic mass is 16.2. The van der Waals surface area contributed by atoms with Crippen molar-refractivity contribution >= 4 is 28.4 Å². The van der Waals surface area contributed by atoms with E-state index in [0.717, 1.165) is 48.0 Å². The van der Waals surface area contributed by atoms with Crippen molar-refractivity contribution in [3.05, 3.63) is 64.8 Å². The second-order valence-corrected chi connectivity index (χ2v) is 8.68. The van der Waals surface area contributed by atoms with Crippen LogP contribution in [0.1, 0.15) is 46.4 Å². The smallest absolute Gasteiger partial charge is 0.258 e. The molecule has 1 aliphatic heterocycles. The number of amides is 2. The van der Waals surface area contributed by atoms with Gasteiger partial charge in [-0.1, -0.05) is 24.1 Å². The highest BCUT2D eigenvalue weighted by Gasteiger charge is 2.32. The maximum Gasteiger partial charge on any atom is 0.258 e. The van der Waals surface area contributed by atoms with Crippen molar-refractivity contribution < 1.29 is 9.59 Å². The zero-order valence-corrected chi connectivity index (χ0v) is 17.6. The van der Waals surface area contributed by atoms with Crippen LogP contribution in [0, 0.1) is 12.8 Å². The van der Waals surface area contributed by atoms with Gasteiger partial charge >= 0.3 is 0 Å². The molecular formula is C25H27N3O2. The van der Waals surface area contributed by atoms with Crippen LogP contribution >= 0.6 is 0 Å². The summed E-state index contributed by atoms with van der Waals surface area (Å²) in [5.74, 6) is 0.485. The predicted octanol–water partition coefficient (Wildman–Crippen LogP) is 4.44. The lowest BCUT2D eigenvalue weighted by molar-refractivity contribution is -0.139. The molecule has 3 aromatic rings. The minimum absolute atomic E-state index is 0.0334. The Morgan fingerprint density at radius 2 is 1.87 bits per heavy atom. The zero-order valence-electron chi connectivity index (χ0n) is 17.6. The highest BCUT2D eigenvalue weighted by Crippen LogP contribution is 2.33. The number of rotatable bonds is 3. The number of hydrogen-bond acceptors (Lipinski definition) is 2. The molecule has 2 aromatic carbocycles. The second-order valence-electron chi connectivity index (χ2n) is 8.68. The molecule has 2 amide bonds. The van der Waals surface area contributed by atoms with E-state index in [1.165, 1.54) is 17.7 Å². The van der Waals surface area contributed by atoms with Crippen LogP contribution in [0.4, 0.5) is 5.69 Å². The number of aromatic nitrogens is 1. The maximum absolute atomic E-state index is 13.1. The lowest BCUT2D eigenvalue weighted by Crippen LogP contribution is -2.41. The average molecular weight is 402 g/mol. The van der Waals surface area contributed by atoms with Crippen molar-refractivity contribution in [3.63, 3.8) is 0 Å². The van der Waals surface area contributed by atoms with E-state index in [0.29, 0.717) is 18.0 Å². The first-order chi connectivity index (χ1) is 14.5. The molecule has 1 N–H and O–H groups in total. The number of benzene rings is 2. The molecule has 2 aliphatic rings. The first-order valence-corrected chi connectivity index (χ1v) is 10.8. The molecule has 0 radical (unpaired) electrons. The Kier molecular flexibility index (Phi) is 4.61. The summed E-state index contributed by atoms with van der Waals surface area (Å²) in [6.45, 7) is 3.45. The molecule has 5 rings (SSSR count). The number of carbonyl (C=O) groups is 2. The minimum Gasteiger partial charge on any atom is -0.358 e. The van der Waals surface area contributed by atoms with E-state index < -0.39 is 0 Å². The van der Waals surface area contributed by atoms with Gasteiger partial charge in [-0.25, -0.2) is 0 Å². The van der Waals surface area contributed by atoms with E-state index >= 15 is 0 Å². The number of carbonyl (C=O) groups excluding carboxylic acids is 2. The molecule has 154 valence electrons. The van der Waals surface area contributed by atoms with Crippen LogP contribution in [0.15, 0.2) is 42.5 Å². The van der Waals surface area contributed by atoms with Crippen LogP contribution in [0.3, 0.4) is 0 Å². The van der Waals surface area contributed by atoms with E-state index in [1.54, 1.807) is 4.90 Å². The minimum atomic E-state index is -0.0334. The SMILES string of the molecule is Cc1ccc(N(C)C(=O)c2ccc3[nH]c4c(c3c2)CN(C(=O)C2CCC2)CC4)cc1. The molecular weight excluding hydrogens is 374 g/mol. The van der Waals surface area contributed by atoms with Gasteiger partial charge in [-0.05, 0) is 50.1 Å². The molecule has 30 heavy (non-hydrogen) atoms. The molecule has 0 spiro atoms. The summed E-state index contributed by atoms with van der Waals surface area (Å²) in [6.07, 6.45) is 4.07. The van der Waals surface area contributed by atoms with Gasteiger partial charge < -0.3 is 14.8 Å². The van der Waals surface area contributed by atoms with Gasteiger partial charge in [0.15, 0.2) is 0 Å². The molecule has 1 fully saturated rings. The van der Waals surface area contributed by atoms with E-state index in [2.05, 4.69) is 4.98 Å². The Balaban J connectivity index is 1.44. The molecule has 2 heterocycles. The number of hydrogen-bond donors (Lipinski definition) is 1. The van der Waals surface area contributed by atoms with E-state index in [1.807, 2.05) is 61.3 Å². The molecule has 5 heteroatoms. The normalized spacial score (nSPS) is 16.3. The van der Waals surface area contributed by atoms with Gasteiger partial charge in [0.1, 0.15) is 0 Å². The van der Waals surface area contributed by atoms with Crippen molar-refractivity contribution in [1.82, 2.24) is 9.88 Å². The van der Waals surface area contributed by atoms with Crippen molar-refractivity contribution in [2.75, 3.05) is 18.5 Å². The Labute approximate surface area is 176 Å². The third-order valence-electron chi connectivity index (χ3n) is 6.71. The van der Waals surface area contributed by atoms with Gasteiger partial charge in [-0.2, -0.15) is 0 Å². The van der Waals surface area contributed by atoms with Gasteiger partial charge in [0, 0.05) is 65.9 Å². The summed E-state index contributed by atoms with van der Waals surface area (Å²) in [6, 6.07) is 13.8. The van der Waals surface area contributed by atoms with Crippen LogP contribution in [0.2, 0.25) is 0 Å². The number of nitrogens with one attached hydrogen (secondary N) is 1. The molecule has 0 bridgehead atoms. The number of fused-ring (bicyclic) bond motifs is 3. The van der Waals surface area contributed by atoms with Crippen molar-refractivity contribution in [2.45, 2.75) is 39.2 Å². The molecule has 1 saturated carbocycles. The summed E-state index contributed by atoms with van der Waals surface area (Å²) < 4.78 is 0. The topological polar surface area (TPSA) is 56.4 Å². The number of anilines is 1. The number of H-pyrrole nitrogens is 1. The van der Waals surface area contributed by atoms with Gasteiger partial charge in [-0.15, -0.1) is 0 Å². The van der Waals surface area contributed by atoms with Gasteiger partial charge in [0.05, 0.1) is 0 Å². The summed E-state index contributed by atoms with van der Waals surface area (Å²) >= 11 is 0. The zero-order chi connectivity index (χ0) is 20.8. The molecule has 1 aliphatic carbocycles. The summed E-state index contributed by atoms with van der Waals surface area (Å²) in [5, 5.41) is 1.05. The number of aromatic amines is 1. The average Bonchev–Trinajstić information content (AvgIpc) is 3.09. The summed E-state index contributed by atoms with van der Waals surface area (Å²) in [4.78, 5) is 33.1. The summed E-state index contributed by atoms with van der Waals surface area (Å²) in [7, 11) is 1.81. The van der Waals surface area contributed by atoms with E-state index in [9.17, 15) is 9.59 Å². The van der Waals surface area contributed by atoms with E-state index in [-0.39, 0.29) is 11.8 Å². The Morgan fingerprint density at radius 3 is 2.57 bits per heavy atom. The number of nitrogens with zero attached hydrogens (tertiary/aromatic N) is 2. The first-order valence-electron chi connectivity index (χ1n) is 10.8. The van der Waals surface area contributed by atoms with Crippen LogP contribution in [0.5, 0.6) is 0 Å².